The molecule has 0 spiro atoms. The number of carbonyl (C=O) groups is 4. The van der Waals surface area contributed by atoms with E-state index in [1.54, 1.807) is 24.3 Å². The molecule has 1 aliphatic heterocycles. The van der Waals surface area contributed by atoms with Crippen molar-refractivity contribution in [3.8, 4) is 11.5 Å². The van der Waals surface area contributed by atoms with Crippen LogP contribution < -0.4 is 20.1 Å². The Morgan fingerprint density at radius 3 is 1.12 bits per heavy atom. The summed E-state index contributed by atoms with van der Waals surface area (Å²) in [5.74, 6) is 0.618. The number of unbranched alkanes of at least 4 members (excludes halogenated alkanes) is 16. The number of hydrogen-bond acceptors (Lipinski definition) is 8. The Hall–Kier alpha value is -4.80. The smallest absolute Gasteiger partial charge is 0.311 e. The molecule has 0 unspecified atom stereocenters. The van der Waals surface area contributed by atoms with Gasteiger partial charge in [0.2, 0.25) is 11.8 Å². The first kappa shape index (κ1) is 61.5. The molecule has 0 bridgehead atoms. The van der Waals surface area contributed by atoms with Gasteiger partial charge in [0.05, 0.1) is 12.8 Å². The van der Waals surface area contributed by atoms with Gasteiger partial charge in [-0.1, -0.05) is 151 Å². The summed E-state index contributed by atoms with van der Waals surface area (Å²) >= 11 is 0. The second-order valence-electron chi connectivity index (χ2n) is 19.6. The molecule has 2 aromatic rings. The van der Waals surface area contributed by atoms with Gasteiger partial charge in [-0.25, -0.2) is 0 Å². The molecule has 0 atom stereocenters. The molecule has 0 radical (unpaired) electrons. The second-order valence-corrected chi connectivity index (χ2v) is 19.6. The van der Waals surface area contributed by atoms with Gasteiger partial charge in [-0.3, -0.25) is 19.2 Å². The van der Waals surface area contributed by atoms with E-state index in [2.05, 4.69) is 82.9 Å². The normalized spacial score (nSPS) is 13.5. The number of esters is 2. The van der Waals surface area contributed by atoms with E-state index in [1.165, 1.54) is 77.0 Å². The van der Waals surface area contributed by atoms with Gasteiger partial charge < -0.3 is 29.9 Å². The summed E-state index contributed by atoms with van der Waals surface area (Å²) in [5.41, 5.74) is 1.78. The number of nitrogens with one attached hydrogen (secondary N) is 2. The van der Waals surface area contributed by atoms with Crippen LogP contribution in [0.5, 0.6) is 11.5 Å². The summed E-state index contributed by atoms with van der Waals surface area (Å²) in [6.45, 7) is 11.6. The minimum Gasteiger partial charge on any atom is -0.427 e. The molecule has 0 aromatic heterocycles. The summed E-state index contributed by atoms with van der Waals surface area (Å²) in [6, 6.07) is 14.5. The number of amides is 2. The van der Waals surface area contributed by atoms with Crippen LogP contribution in [0.3, 0.4) is 0 Å². The van der Waals surface area contributed by atoms with Gasteiger partial charge in [0.1, 0.15) is 11.5 Å². The minimum absolute atomic E-state index is 0.00744. The maximum absolute atomic E-state index is 12.6. The maximum Gasteiger partial charge on any atom is 0.311 e. The van der Waals surface area contributed by atoms with E-state index in [0.29, 0.717) is 50.3 Å². The average Bonchev–Trinajstić information content (AvgIpc) is 3.38. The first-order valence-corrected chi connectivity index (χ1v) is 28.5. The standard InChI is InChI=1S/C62H96N4O6/c1-3-5-7-9-11-13-15-17-19-21-23-25-27-29-31-35-61(69)71-57-41-37-55(38-42-57)53-59(67)63-45-33-47-65-49-51-66(52-50-65)48-34-46-64-60(68)54-56-39-43-58(44-40-56)72-62(70)36-32-30-28-26-24-22-20-18-16-14-12-10-8-6-4-2/h11-14,17-20,37-44H,3-10,15-16,21-36,45-54H2,1-2H3,(H,63,67)(H,64,68)/b13-11-,14-12-,19-17-,20-18-. The Morgan fingerprint density at radius 2 is 0.764 bits per heavy atom. The Labute approximate surface area is 436 Å². The Balaban J connectivity index is 1.10. The molecule has 72 heavy (non-hydrogen) atoms. The monoisotopic (exact) mass is 993 g/mol. The fraction of sp³-hybridized carbons (Fsp3) is 0.613. The van der Waals surface area contributed by atoms with Crippen LogP contribution in [0.25, 0.3) is 0 Å². The number of allylic oxidation sites excluding steroid dienone is 8. The highest BCUT2D eigenvalue weighted by Gasteiger charge is 2.17. The lowest BCUT2D eigenvalue weighted by Gasteiger charge is -2.34. The van der Waals surface area contributed by atoms with E-state index in [1.807, 2.05) is 24.3 Å². The number of benzene rings is 2. The van der Waals surface area contributed by atoms with Crippen molar-refractivity contribution >= 4 is 23.8 Å². The fourth-order valence-electron chi connectivity index (χ4n) is 8.67. The van der Waals surface area contributed by atoms with Crippen LogP contribution in [0.1, 0.15) is 192 Å². The van der Waals surface area contributed by atoms with Crippen LogP contribution in [0, 0.1) is 0 Å². The Morgan fingerprint density at radius 1 is 0.431 bits per heavy atom. The summed E-state index contributed by atoms with van der Waals surface area (Å²) in [6.07, 6.45) is 46.7. The third kappa shape index (κ3) is 33.8. The molecule has 400 valence electrons. The average molecular weight is 993 g/mol. The van der Waals surface area contributed by atoms with Crippen molar-refractivity contribution in [3.63, 3.8) is 0 Å². The molecule has 3 rings (SSSR count). The van der Waals surface area contributed by atoms with E-state index >= 15 is 0 Å². The number of nitrogens with zero attached hydrogens (tertiary/aromatic N) is 2. The highest BCUT2D eigenvalue weighted by molar-refractivity contribution is 5.79. The number of rotatable bonds is 42. The van der Waals surface area contributed by atoms with Gasteiger partial charge >= 0.3 is 11.9 Å². The van der Waals surface area contributed by atoms with Crippen molar-refractivity contribution in [3.05, 3.63) is 108 Å². The van der Waals surface area contributed by atoms with Crippen LogP contribution in [-0.2, 0) is 32.0 Å². The van der Waals surface area contributed by atoms with E-state index < -0.39 is 0 Å². The quantitative estimate of drug-likeness (QED) is 0.0292. The second kappa shape index (κ2) is 42.7. The van der Waals surface area contributed by atoms with Crippen LogP contribution >= 0.6 is 0 Å². The van der Waals surface area contributed by atoms with E-state index in [0.717, 1.165) is 127 Å². The van der Waals surface area contributed by atoms with Crippen LogP contribution in [0.4, 0.5) is 0 Å². The Kier molecular flexibility index (Phi) is 36.5. The van der Waals surface area contributed by atoms with Gasteiger partial charge in [-0.2, -0.15) is 0 Å². The molecular weight excluding hydrogens is 897 g/mol. The molecular formula is C62H96N4O6. The molecule has 2 N–H and O–H groups in total. The third-order valence-electron chi connectivity index (χ3n) is 13.1. The van der Waals surface area contributed by atoms with Crippen molar-refractivity contribution in [2.45, 2.75) is 194 Å². The van der Waals surface area contributed by atoms with Gasteiger partial charge in [0.15, 0.2) is 0 Å². The molecule has 1 fully saturated rings. The largest absolute Gasteiger partial charge is 0.427 e. The topological polar surface area (TPSA) is 117 Å². The first-order chi connectivity index (χ1) is 35.3. The molecule has 2 amide bonds. The Bertz CT molecular complexity index is 1700. The summed E-state index contributed by atoms with van der Waals surface area (Å²) in [4.78, 5) is 54.9. The number of hydrogen-bond donors (Lipinski definition) is 2. The summed E-state index contributed by atoms with van der Waals surface area (Å²) in [5, 5.41) is 6.11. The van der Waals surface area contributed by atoms with Gasteiger partial charge in [-0.05, 0) is 138 Å². The summed E-state index contributed by atoms with van der Waals surface area (Å²) < 4.78 is 11.1. The van der Waals surface area contributed by atoms with Crippen molar-refractivity contribution in [1.29, 1.82) is 0 Å². The van der Waals surface area contributed by atoms with E-state index in [4.69, 9.17) is 9.47 Å². The van der Waals surface area contributed by atoms with E-state index in [-0.39, 0.29) is 23.8 Å². The SMILES string of the molecule is CCCCC/C=C\C/C=C\CCCCCCCC(=O)Oc1ccc(CC(=O)NCCCN2CCN(CCCNC(=O)Cc3ccc(OC(=O)CCCCCCC/C=C\C/C=C\CCCCC)cc3)CC2)cc1. The predicted molar refractivity (Wildman–Crippen MR) is 298 cm³/mol. The fourth-order valence-corrected chi connectivity index (χ4v) is 8.67. The lowest BCUT2D eigenvalue weighted by atomic mass is 10.1. The van der Waals surface area contributed by atoms with Crippen molar-refractivity contribution in [1.82, 2.24) is 20.4 Å². The predicted octanol–water partition coefficient (Wildman–Crippen LogP) is 13.5. The molecule has 1 heterocycles. The molecule has 10 heteroatoms. The van der Waals surface area contributed by atoms with Gasteiger partial charge in [-0.15, -0.1) is 0 Å². The highest BCUT2D eigenvalue weighted by Crippen LogP contribution is 2.17. The third-order valence-corrected chi connectivity index (χ3v) is 13.1. The van der Waals surface area contributed by atoms with E-state index in [9.17, 15) is 19.2 Å². The first-order valence-electron chi connectivity index (χ1n) is 28.5. The van der Waals surface area contributed by atoms with Gasteiger partial charge in [0, 0.05) is 52.1 Å². The zero-order valence-corrected chi connectivity index (χ0v) is 45.0. The van der Waals surface area contributed by atoms with Crippen LogP contribution in [0.2, 0.25) is 0 Å². The molecule has 0 saturated carbocycles. The lowest BCUT2D eigenvalue weighted by Crippen LogP contribution is -2.47. The summed E-state index contributed by atoms with van der Waals surface area (Å²) in [7, 11) is 0. The zero-order chi connectivity index (χ0) is 51.4. The van der Waals surface area contributed by atoms with Crippen LogP contribution in [0.15, 0.2) is 97.1 Å². The zero-order valence-electron chi connectivity index (χ0n) is 45.0. The van der Waals surface area contributed by atoms with Crippen molar-refractivity contribution < 1.29 is 28.7 Å². The molecule has 1 aliphatic rings. The number of carbonyl (C=O) groups excluding carboxylic acids is 4. The van der Waals surface area contributed by atoms with Crippen LogP contribution in [-0.4, -0.2) is 85.9 Å². The molecule has 2 aromatic carbocycles. The number of piperazine rings is 1. The highest BCUT2D eigenvalue weighted by atomic mass is 16.5. The van der Waals surface area contributed by atoms with Gasteiger partial charge in [0.25, 0.3) is 0 Å². The molecule has 1 saturated heterocycles. The lowest BCUT2D eigenvalue weighted by molar-refractivity contribution is -0.135. The van der Waals surface area contributed by atoms with Crippen molar-refractivity contribution in [2.75, 3.05) is 52.4 Å². The maximum atomic E-state index is 12.6. The number of ether oxygens (including phenoxy) is 2. The van der Waals surface area contributed by atoms with Crippen molar-refractivity contribution in [2.24, 2.45) is 0 Å². The molecule has 10 nitrogen and oxygen atoms in total. The minimum atomic E-state index is -0.204. The molecule has 0 aliphatic carbocycles.